The standard InChI is InChI=1S/C30H44O2/c1-19-11-15-26(3)17-18-29(6)21(24(26)20(19)2)9-10-23-27(4)13-8-14-28(5,25(31)32)22(27)12-16-30(23,29)7/h8-10,14,19-20,22,24H,11-13,15-18H2,1-7H3,(H,31,32)/t19-,20+,22?,24?,26-,27+,28+,29-,30-/m1/s1. The van der Waals surface area contributed by atoms with Gasteiger partial charge >= 0.3 is 5.97 Å². The Morgan fingerprint density at radius 3 is 2.34 bits per heavy atom. The molecule has 0 spiro atoms. The van der Waals surface area contributed by atoms with Crippen molar-refractivity contribution < 1.29 is 9.90 Å². The van der Waals surface area contributed by atoms with Gasteiger partial charge in [0, 0.05) is 0 Å². The maximum atomic E-state index is 12.4. The van der Waals surface area contributed by atoms with Crippen molar-refractivity contribution in [3.05, 3.63) is 35.5 Å². The Hall–Kier alpha value is -1.31. The Morgan fingerprint density at radius 1 is 0.938 bits per heavy atom. The minimum absolute atomic E-state index is 0.0772. The van der Waals surface area contributed by atoms with Crippen LogP contribution in [-0.2, 0) is 4.79 Å². The number of carboxylic acids is 1. The van der Waals surface area contributed by atoms with Crippen molar-refractivity contribution in [3.63, 3.8) is 0 Å². The van der Waals surface area contributed by atoms with E-state index in [9.17, 15) is 9.90 Å². The third kappa shape index (κ3) is 2.51. The van der Waals surface area contributed by atoms with Crippen molar-refractivity contribution in [3.8, 4) is 0 Å². The first kappa shape index (κ1) is 22.5. The van der Waals surface area contributed by atoms with E-state index in [1.165, 1.54) is 25.7 Å². The van der Waals surface area contributed by atoms with Gasteiger partial charge in [0.1, 0.15) is 0 Å². The summed E-state index contributed by atoms with van der Waals surface area (Å²) in [7, 11) is 0. The van der Waals surface area contributed by atoms with Crippen LogP contribution in [0.1, 0.15) is 93.4 Å². The predicted octanol–water partition coefficient (Wildman–Crippen LogP) is 7.81. The van der Waals surface area contributed by atoms with Gasteiger partial charge in [-0.05, 0) is 97.2 Å². The Labute approximate surface area is 195 Å². The molecule has 176 valence electrons. The van der Waals surface area contributed by atoms with Crippen molar-refractivity contribution in [1.29, 1.82) is 0 Å². The van der Waals surface area contributed by atoms with Crippen LogP contribution >= 0.6 is 0 Å². The minimum atomic E-state index is -0.765. The molecule has 0 aromatic heterocycles. The number of allylic oxidation sites excluding steroid dienone is 5. The molecular weight excluding hydrogens is 392 g/mol. The lowest BCUT2D eigenvalue weighted by atomic mass is 9.36. The Morgan fingerprint density at radius 2 is 1.66 bits per heavy atom. The molecule has 0 bridgehead atoms. The van der Waals surface area contributed by atoms with Gasteiger partial charge in [0.2, 0.25) is 0 Å². The van der Waals surface area contributed by atoms with Gasteiger partial charge in [-0.2, -0.15) is 0 Å². The summed E-state index contributed by atoms with van der Waals surface area (Å²) in [6, 6.07) is 0. The summed E-state index contributed by atoms with van der Waals surface area (Å²) in [6.45, 7) is 17.0. The number of rotatable bonds is 1. The van der Waals surface area contributed by atoms with Gasteiger partial charge in [-0.3, -0.25) is 4.79 Å². The summed E-state index contributed by atoms with van der Waals surface area (Å²) in [6.07, 6.45) is 17.6. The fraction of sp³-hybridized carbons (Fsp3) is 0.767. The van der Waals surface area contributed by atoms with Gasteiger partial charge in [0.25, 0.3) is 0 Å². The first-order valence-corrected chi connectivity index (χ1v) is 13.2. The molecule has 1 N–H and O–H groups in total. The molecule has 0 heterocycles. The second-order valence-corrected chi connectivity index (χ2v) is 13.6. The van der Waals surface area contributed by atoms with Crippen LogP contribution in [0.2, 0.25) is 0 Å². The molecule has 5 aliphatic rings. The molecule has 3 saturated carbocycles. The molecule has 9 atom stereocenters. The van der Waals surface area contributed by atoms with Crippen LogP contribution in [-0.4, -0.2) is 11.1 Å². The van der Waals surface area contributed by atoms with Crippen LogP contribution in [0.25, 0.3) is 0 Å². The van der Waals surface area contributed by atoms with Crippen LogP contribution in [0.4, 0.5) is 0 Å². The monoisotopic (exact) mass is 436 g/mol. The molecule has 3 fully saturated rings. The zero-order valence-electron chi connectivity index (χ0n) is 21.4. The van der Waals surface area contributed by atoms with Crippen LogP contribution in [0.3, 0.4) is 0 Å². The molecule has 5 rings (SSSR count). The lowest BCUT2D eigenvalue weighted by Crippen LogP contribution is -2.60. The van der Waals surface area contributed by atoms with Gasteiger partial charge < -0.3 is 5.11 Å². The van der Waals surface area contributed by atoms with Gasteiger partial charge in [-0.15, -0.1) is 0 Å². The van der Waals surface area contributed by atoms with E-state index in [1.807, 2.05) is 13.0 Å². The van der Waals surface area contributed by atoms with E-state index in [2.05, 4.69) is 59.8 Å². The predicted molar refractivity (Wildman–Crippen MR) is 131 cm³/mol. The second-order valence-electron chi connectivity index (χ2n) is 13.6. The molecule has 0 radical (unpaired) electrons. The fourth-order valence-corrected chi connectivity index (χ4v) is 9.71. The summed E-state index contributed by atoms with van der Waals surface area (Å²) >= 11 is 0. The van der Waals surface area contributed by atoms with Crippen molar-refractivity contribution >= 4 is 5.97 Å². The first-order valence-electron chi connectivity index (χ1n) is 13.2. The maximum absolute atomic E-state index is 12.4. The largest absolute Gasteiger partial charge is 0.481 e. The average molecular weight is 437 g/mol. The molecule has 0 saturated heterocycles. The summed E-state index contributed by atoms with van der Waals surface area (Å²) < 4.78 is 0. The van der Waals surface area contributed by atoms with Crippen LogP contribution in [0, 0.1) is 50.7 Å². The van der Waals surface area contributed by atoms with E-state index >= 15 is 0 Å². The SMILES string of the molecule is C[C@@H]1CC[C@]2(C)CC[C@]3(C)C(=CC=C4[C@@]5(C)CC=C[C@](C)(C(=O)O)C5CC[C@]43C)C2[C@H]1C. The van der Waals surface area contributed by atoms with Crippen LogP contribution in [0.5, 0.6) is 0 Å². The highest BCUT2D eigenvalue weighted by Gasteiger charge is 2.65. The highest BCUT2D eigenvalue weighted by molar-refractivity contribution is 5.78. The van der Waals surface area contributed by atoms with Gasteiger partial charge in [0.15, 0.2) is 0 Å². The molecular formula is C30H44O2. The Kier molecular flexibility index (Phi) is 4.66. The number of hydrogen-bond donors (Lipinski definition) is 1. The van der Waals surface area contributed by atoms with Crippen molar-refractivity contribution in [2.75, 3.05) is 0 Å². The Balaban J connectivity index is 1.66. The highest BCUT2D eigenvalue weighted by Crippen LogP contribution is 2.74. The van der Waals surface area contributed by atoms with Crippen molar-refractivity contribution in [2.45, 2.75) is 93.4 Å². The molecule has 2 unspecified atom stereocenters. The summed E-state index contributed by atoms with van der Waals surface area (Å²) in [5.41, 5.74) is 3.17. The molecule has 32 heavy (non-hydrogen) atoms. The van der Waals surface area contributed by atoms with Crippen molar-refractivity contribution in [2.24, 2.45) is 50.7 Å². The number of carboxylic acid groups (broad SMARTS) is 1. The Bertz CT molecular complexity index is 940. The van der Waals surface area contributed by atoms with Gasteiger partial charge in [-0.25, -0.2) is 0 Å². The molecule has 0 aromatic carbocycles. The van der Waals surface area contributed by atoms with E-state index in [0.717, 1.165) is 31.1 Å². The third-order valence-corrected chi connectivity index (χ3v) is 12.3. The minimum Gasteiger partial charge on any atom is -0.481 e. The van der Waals surface area contributed by atoms with Gasteiger partial charge in [-0.1, -0.05) is 77.0 Å². The van der Waals surface area contributed by atoms with E-state index in [0.29, 0.717) is 11.3 Å². The third-order valence-electron chi connectivity index (χ3n) is 12.3. The number of aliphatic carboxylic acids is 1. The number of carbonyl (C=O) groups is 1. The zero-order valence-corrected chi connectivity index (χ0v) is 21.4. The summed E-state index contributed by atoms with van der Waals surface area (Å²) in [4.78, 5) is 12.4. The van der Waals surface area contributed by atoms with E-state index < -0.39 is 11.4 Å². The van der Waals surface area contributed by atoms with E-state index in [1.54, 1.807) is 11.1 Å². The zero-order chi connectivity index (χ0) is 23.3. The summed E-state index contributed by atoms with van der Waals surface area (Å²) in [5, 5.41) is 10.2. The molecule has 0 amide bonds. The number of hydrogen-bond acceptors (Lipinski definition) is 1. The maximum Gasteiger partial charge on any atom is 0.313 e. The normalized spacial score (nSPS) is 54.3. The number of fused-ring (bicyclic) bond motifs is 7. The fourth-order valence-electron chi connectivity index (χ4n) is 9.71. The van der Waals surface area contributed by atoms with E-state index in [-0.39, 0.29) is 22.2 Å². The molecule has 2 nitrogen and oxygen atoms in total. The molecule has 0 aliphatic heterocycles. The molecule has 2 heteroatoms. The first-order chi connectivity index (χ1) is 14.8. The molecule has 5 aliphatic carbocycles. The smallest absolute Gasteiger partial charge is 0.313 e. The van der Waals surface area contributed by atoms with Gasteiger partial charge in [0.05, 0.1) is 5.41 Å². The average Bonchev–Trinajstić information content (AvgIpc) is 2.72. The summed E-state index contributed by atoms with van der Waals surface area (Å²) in [5.74, 6) is 1.71. The topological polar surface area (TPSA) is 37.3 Å². The van der Waals surface area contributed by atoms with E-state index in [4.69, 9.17) is 0 Å². The van der Waals surface area contributed by atoms with Crippen LogP contribution in [0.15, 0.2) is 35.5 Å². The van der Waals surface area contributed by atoms with Crippen LogP contribution < -0.4 is 0 Å². The quantitative estimate of drug-likeness (QED) is 0.425. The molecule has 0 aromatic rings. The van der Waals surface area contributed by atoms with Crippen molar-refractivity contribution in [1.82, 2.24) is 0 Å². The highest BCUT2D eigenvalue weighted by atomic mass is 16.4. The lowest BCUT2D eigenvalue weighted by molar-refractivity contribution is -0.154. The second kappa shape index (κ2) is 6.63. The lowest BCUT2D eigenvalue weighted by Gasteiger charge is -2.67.